The number of pyridine rings is 1. The SMILES string of the molecule is Fc1ccc2nc(C(F)(F)F)nc(NCc3ccccn3)c2c1. The van der Waals surface area contributed by atoms with E-state index in [1.807, 2.05) is 0 Å². The van der Waals surface area contributed by atoms with E-state index in [0.717, 1.165) is 12.1 Å². The van der Waals surface area contributed by atoms with E-state index in [-0.39, 0.29) is 23.3 Å². The zero-order chi connectivity index (χ0) is 16.4. The highest BCUT2D eigenvalue weighted by Gasteiger charge is 2.35. The lowest BCUT2D eigenvalue weighted by Crippen LogP contribution is -2.14. The summed E-state index contributed by atoms with van der Waals surface area (Å²) in [6.07, 6.45) is -3.13. The molecule has 0 atom stereocenters. The fourth-order valence-corrected chi connectivity index (χ4v) is 2.04. The number of nitrogens with zero attached hydrogens (tertiary/aromatic N) is 3. The Hall–Kier alpha value is -2.77. The summed E-state index contributed by atoms with van der Waals surface area (Å²) in [5.74, 6) is -1.95. The summed E-state index contributed by atoms with van der Waals surface area (Å²) in [6.45, 7) is 0.154. The van der Waals surface area contributed by atoms with Crippen molar-refractivity contribution in [1.29, 1.82) is 0 Å². The van der Waals surface area contributed by atoms with Gasteiger partial charge in [-0.25, -0.2) is 14.4 Å². The van der Waals surface area contributed by atoms with Gasteiger partial charge in [-0.2, -0.15) is 13.2 Å². The van der Waals surface area contributed by atoms with E-state index in [0.29, 0.717) is 5.69 Å². The van der Waals surface area contributed by atoms with Crippen molar-refractivity contribution < 1.29 is 17.6 Å². The summed E-state index contributed by atoms with van der Waals surface area (Å²) in [7, 11) is 0. The van der Waals surface area contributed by atoms with Crippen LogP contribution in [0.1, 0.15) is 11.5 Å². The Labute approximate surface area is 128 Å². The van der Waals surface area contributed by atoms with Gasteiger partial charge in [0.2, 0.25) is 5.82 Å². The number of benzene rings is 1. The zero-order valence-corrected chi connectivity index (χ0v) is 11.6. The van der Waals surface area contributed by atoms with Crippen molar-refractivity contribution in [3.63, 3.8) is 0 Å². The van der Waals surface area contributed by atoms with Gasteiger partial charge in [-0.3, -0.25) is 4.98 Å². The first-order chi connectivity index (χ1) is 10.9. The van der Waals surface area contributed by atoms with Crippen molar-refractivity contribution in [3.8, 4) is 0 Å². The van der Waals surface area contributed by atoms with Gasteiger partial charge in [-0.1, -0.05) is 6.07 Å². The molecule has 3 aromatic rings. The Morgan fingerprint density at radius 1 is 1.04 bits per heavy atom. The molecule has 0 unspecified atom stereocenters. The van der Waals surface area contributed by atoms with Crippen molar-refractivity contribution in [2.24, 2.45) is 0 Å². The lowest BCUT2D eigenvalue weighted by Gasteiger charge is -2.12. The molecule has 3 rings (SSSR count). The van der Waals surface area contributed by atoms with E-state index in [1.54, 1.807) is 24.4 Å². The number of rotatable bonds is 3. The van der Waals surface area contributed by atoms with Crippen LogP contribution in [0.2, 0.25) is 0 Å². The third-order valence-corrected chi connectivity index (χ3v) is 3.07. The molecule has 0 amide bonds. The first-order valence-corrected chi connectivity index (χ1v) is 6.62. The molecule has 0 spiro atoms. The number of anilines is 1. The summed E-state index contributed by atoms with van der Waals surface area (Å²) in [6, 6.07) is 8.52. The molecule has 1 N–H and O–H groups in total. The third-order valence-electron chi connectivity index (χ3n) is 3.07. The molecule has 0 saturated carbocycles. The van der Waals surface area contributed by atoms with E-state index >= 15 is 0 Å². The minimum Gasteiger partial charge on any atom is -0.364 e. The van der Waals surface area contributed by atoms with Gasteiger partial charge in [0.05, 0.1) is 17.8 Å². The largest absolute Gasteiger partial charge is 0.451 e. The maximum Gasteiger partial charge on any atom is 0.451 e. The van der Waals surface area contributed by atoms with Crippen LogP contribution in [0.5, 0.6) is 0 Å². The van der Waals surface area contributed by atoms with Crippen molar-refractivity contribution in [2.45, 2.75) is 12.7 Å². The lowest BCUT2D eigenvalue weighted by molar-refractivity contribution is -0.144. The second-order valence-electron chi connectivity index (χ2n) is 4.73. The lowest BCUT2D eigenvalue weighted by atomic mass is 10.2. The highest BCUT2D eigenvalue weighted by atomic mass is 19.4. The Balaban J connectivity index is 2.03. The first kappa shape index (κ1) is 15.1. The van der Waals surface area contributed by atoms with Crippen LogP contribution in [0.15, 0.2) is 42.6 Å². The van der Waals surface area contributed by atoms with Gasteiger partial charge in [0.15, 0.2) is 0 Å². The number of halogens is 4. The monoisotopic (exact) mass is 322 g/mol. The topological polar surface area (TPSA) is 50.7 Å². The molecule has 118 valence electrons. The summed E-state index contributed by atoms with van der Waals surface area (Å²) in [4.78, 5) is 11.0. The average molecular weight is 322 g/mol. The van der Waals surface area contributed by atoms with Crippen LogP contribution >= 0.6 is 0 Å². The van der Waals surface area contributed by atoms with Crippen LogP contribution in [0.3, 0.4) is 0 Å². The first-order valence-electron chi connectivity index (χ1n) is 6.62. The molecule has 4 nitrogen and oxygen atoms in total. The molecule has 0 aliphatic heterocycles. The van der Waals surface area contributed by atoms with E-state index in [1.165, 1.54) is 6.07 Å². The van der Waals surface area contributed by atoms with Crippen LogP contribution in [0.4, 0.5) is 23.4 Å². The molecule has 23 heavy (non-hydrogen) atoms. The molecular weight excluding hydrogens is 312 g/mol. The Kier molecular flexibility index (Phi) is 3.81. The number of alkyl halides is 3. The average Bonchev–Trinajstić information content (AvgIpc) is 2.52. The van der Waals surface area contributed by atoms with E-state index in [2.05, 4.69) is 20.3 Å². The van der Waals surface area contributed by atoms with Crippen LogP contribution < -0.4 is 5.32 Å². The van der Waals surface area contributed by atoms with Crippen LogP contribution in [-0.4, -0.2) is 15.0 Å². The quantitative estimate of drug-likeness (QED) is 0.745. The normalized spacial score (nSPS) is 11.7. The minimum absolute atomic E-state index is 0.0113. The van der Waals surface area contributed by atoms with Gasteiger partial charge >= 0.3 is 6.18 Å². The Bertz CT molecular complexity index is 834. The van der Waals surface area contributed by atoms with Crippen LogP contribution in [0.25, 0.3) is 10.9 Å². The van der Waals surface area contributed by atoms with Gasteiger partial charge in [0.25, 0.3) is 0 Å². The van der Waals surface area contributed by atoms with Gasteiger partial charge in [0.1, 0.15) is 11.6 Å². The summed E-state index contributed by atoms with van der Waals surface area (Å²) in [5, 5.41) is 2.94. The molecule has 2 heterocycles. The molecule has 0 radical (unpaired) electrons. The second-order valence-corrected chi connectivity index (χ2v) is 4.73. The van der Waals surface area contributed by atoms with Crippen molar-refractivity contribution in [1.82, 2.24) is 15.0 Å². The number of aromatic nitrogens is 3. The Morgan fingerprint density at radius 2 is 1.87 bits per heavy atom. The van der Waals surface area contributed by atoms with E-state index in [4.69, 9.17) is 0 Å². The molecule has 0 bridgehead atoms. The van der Waals surface area contributed by atoms with Gasteiger partial charge in [-0.15, -0.1) is 0 Å². The molecule has 8 heteroatoms. The Morgan fingerprint density at radius 3 is 2.57 bits per heavy atom. The van der Waals surface area contributed by atoms with Crippen molar-refractivity contribution >= 4 is 16.7 Å². The molecule has 0 aliphatic rings. The molecule has 0 aliphatic carbocycles. The molecule has 2 aromatic heterocycles. The van der Waals surface area contributed by atoms with E-state index < -0.39 is 17.8 Å². The third kappa shape index (κ3) is 3.36. The van der Waals surface area contributed by atoms with E-state index in [9.17, 15) is 17.6 Å². The fraction of sp³-hybridized carbons (Fsp3) is 0.133. The maximum atomic E-state index is 13.4. The minimum atomic E-state index is -4.69. The van der Waals surface area contributed by atoms with Crippen molar-refractivity contribution in [3.05, 3.63) is 59.9 Å². The number of fused-ring (bicyclic) bond motifs is 1. The predicted octanol–water partition coefficient (Wildman–Crippen LogP) is 3.79. The maximum absolute atomic E-state index is 13.4. The number of hydrogen-bond donors (Lipinski definition) is 1. The number of hydrogen-bond acceptors (Lipinski definition) is 4. The molecule has 0 saturated heterocycles. The summed E-state index contributed by atoms with van der Waals surface area (Å²) < 4.78 is 52.1. The van der Waals surface area contributed by atoms with Gasteiger partial charge < -0.3 is 5.32 Å². The van der Waals surface area contributed by atoms with Crippen LogP contribution in [-0.2, 0) is 12.7 Å². The predicted molar refractivity (Wildman–Crippen MR) is 76.1 cm³/mol. The summed E-state index contributed by atoms with van der Waals surface area (Å²) in [5.41, 5.74) is 0.626. The second kappa shape index (κ2) is 5.79. The smallest absolute Gasteiger partial charge is 0.364 e. The van der Waals surface area contributed by atoms with Gasteiger partial charge in [-0.05, 0) is 30.3 Å². The highest BCUT2D eigenvalue weighted by Crippen LogP contribution is 2.30. The fourth-order valence-electron chi connectivity index (χ4n) is 2.04. The molecular formula is C15H10F4N4. The van der Waals surface area contributed by atoms with Crippen molar-refractivity contribution in [2.75, 3.05) is 5.32 Å². The summed E-state index contributed by atoms with van der Waals surface area (Å²) >= 11 is 0. The molecule has 1 aromatic carbocycles. The zero-order valence-electron chi connectivity index (χ0n) is 11.6. The molecule has 0 fully saturated rings. The standard InChI is InChI=1S/C15H10F4N4/c16-9-4-5-12-11(7-9)13(23-14(22-12)15(17,18)19)21-8-10-3-1-2-6-20-10/h1-7H,8H2,(H,21,22,23). The highest BCUT2D eigenvalue weighted by molar-refractivity contribution is 5.89. The number of nitrogens with one attached hydrogen (secondary N) is 1. The van der Waals surface area contributed by atoms with Gasteiger partial charge in [0, 0.05) is 11.6 Å². The van der Waals surface area contributed by atoms with Crippen LogP contribution in [0, 0.1) is 5.82 Å².